The predicted molar refractivity (Wildman–Crippen MR) is 82.5 cm³/mol. The summed E-state index contributed by atoms with van der Waals surface area (Å²) in [5, 5.41) is 8.16. The molecular formula is C16H31N3. The first kappa shape index (κ1) is 16.2. The Morgan fingerprint density at radius 2 is 1.95 bits per heavy atom. The van der Waals surface area contributed by atoms with Gasteiger partial charge < -0.3 is 5.32 Å². The molecule has 3 heteroatoms. The van der Waals surface area contributed by atoms with Crippen molar-refractivity contribution in [3.05, 3.63) is 17.5 Å². The summed E-state index contributed by atoms with van der Waals surface area (Å²) in [7, 11) is 0. The van der Waals surface area contributed by atoms with Crippen LogP contribution in [0.15, 0.2) is 6.07 Å². The molecule has 0 saturated heterocycles. The highest BCUT2D eigenvalue weighted by atomic mass is 15.3. The molecule has 2 atom stereocenters. The van der Waals surface area contributed by atoms with Crippen LogP contribution in [0, 0.1) is 11.8 Å². The van der Waals surface area contributed by atoms with Gasteiger partial charge in [0.15, 0.2) is 0 Å². The first-order chi connectivity index (χ1) is 9.12. The minimum Gasteiger partial charge on any atom is -0.316 e. The van der Waals surface area contributed by atoms with E-state index in [-0.39, 0.29) is 0 Å². The molecule has 0 aliphatic carbocycles. The maximum absolute atomic E-state index is 4.64. The summed E-state index contributed by atoms with van der Waals surface area (Å²) in [6.45, 7) is 14.5. The lowest BCUT2D eigenvalue weighted by Gasteiger charge is -2.20. The van der Waals surface area contributed by atoms with E-state index in [4.69, 9.17) is 0 Å². The van der Waals surface area contributed by atoms with Gasteiger partial charge in [0.05, 0.1) is 5.69 Å². The van der Waals surface area contributed by atoms with E-state index in [1.54, 1.807) is 0 Å². The Labute approximate surface area is 118 Å². The van der Waals surface area contributed by atoms with Crippen molar-refractivity contribution in [1.29, 1.82) is 0 Å². The van der Waals surface area contributed by atoms with E-state index in [0.717, 1.165) is 32.5 Å². The summed E-state index contributed by atoms with van der Waals surface area (Å²) < 4.78 is 2.17. The highest BCUT2D eigenvalue weighted by Gasteiger charge is 2.15. The van der Waals surface area contributed by atoms with Gasteiger partial charge >= 0.3 is 0 Å². The Hall–Kier alpha value is -0.830. The molecule has 1 aromatic rings. The number of nitrogens with zero attached hydrogens (tertiary/aromatic N) is 2. The topological polar surface area (TPSA) is 29.9 Å². The van der Waals surface area contributed by atoms with Gasteiger partial charge in [-0.05, 0) is 57.2 Å². The standard InChI is InChI=1S/C16H31N3/c1-6-9-17-12-14(5)13(4)10-16-11-15(7-2)18-19(16)8-3/h11,13-14,17H,6-10,12H2,1-5H3. The SMILES string of the molecule is CCCNCC(C)C(C)Cc1cc(CC)nn1CC. The lowest BCUT2D eigenvalue weighted by Crippen LogP contribution is -2.27. The van der Waals surface area contributed by atoms with Crippen LogP contribution < -0.4 is 5.32 Å². The summed E-state index contributed by atoms with van der Waals surface area (Å²) in [6.07, 6.45) is 3.38. The van der Waals surface area contributed by atoms with Crippen LogP contribution in [0.5, 0.6) is 0 Å². The predicted octanol–water partition coefficient (Wildman–Crippen LogP) is 3.28. The zero-order valence-electron chi connectivity index (χ0n) is 13.4. The fourth-order valence-electron chi connectivity index (χ4n) is 2.36. The molecule has 0 aromatic carbocycles. The quantitative estimate of drug-likeness (QED) is 0.694. The van der Waals surface area contributed by atoms with Gasteiger partial charge in [0.2, 0.25) is 0 Å². The Morgan fingerprint density at radius 3 is 2.53 bits per heavy atom. The van der Waals surface area contributed by atoms with Crippen LogP contribution in [-0.2, 0) is 19.4 Å². The van der Waals surface area contributed by atoms with E-state index >= 15 is 0 Å². The minimum atomic E-state index is 0.691. The van der Waals surface area contributed by atoms with Gasteiger partial charge in [-0.15, -0.1) is 0 Å². The normalized spacial score (nSPS) is 14.6. The second kappa shape index (κ2) is 8.36. The van der Waals surface area contributed by atoms with Crippen LogP contribution in [0.1, 0.15) is 52.4 Å². The first-order valence-corrected chi connectivity index (χ1v) is 7.88. The molecule has 0 bridgehead atoms. The van der Waals surface area contributed by atoms with Crippen molar-refractivity contribution >= 4 is 0 Å². The van der Waals surface area contributed by atoms with Crippen molar-refractivity contribution in [2.24, 2.45) is 11.8 Å². The molecule has 0 spiro atoms. The monoisotopic (exact) mass is 265 g/mol. The Morgan fingerprint density at radius 1 is 1.21 bits per heavy atom. The maximum atomic E-state index is 4.64. The van der Waals surface area contributed by atoms with Crippen LogP contribution in [-0.4, -0.2) is 22.9 Å². The molecule has 2 unspecified atom stereocenters. The average molecular weight is 265 g/mol. The maximum Gasteiger partial charge on any atom is 0.0624 e. The van der Waals surface area contributed by atoms with Gasteiger partial charge in [-0.1, -0.05) is 27.7 Å². The zero-order valence-corrected chi connectivity index (χ0v) is 13.4. The summed E-state index contributed by atoms with van der Waals surface area (Å²) in [6, 6.07) is 2.28. The van der Waals surface area contributed by atoms with Gasteiger partial charge in [-0.2, -0.15) is 5.10 Å². The molecule has 110 valence electrons. The third-order valence-electron chi connectivity index (χ3n) is 3.97. The molecule has 0 aliphatic rings. The van der Waals surface area contributed by atoms with E-state index in [2.05, 4.69) is 55.8 Å². The van der Waals surface area contributed by atoms with Gasteiger partial charge in [0.25, 0.3) is 0 Å². The number of rotatable bonds is 9. The first-order valence-electron chi connectivity index (χ1n) is 7.88. The highest BCUT2D eigenvalue weighted by Crippen LogP contribution is 2.18. The largest absolute Gasteiger partial charge is 0.316 e. The second-order valence-electron chi connectivity index (χ2n) is 5.66. The van der Waals surface area contributed by atoms with Crippen molar-refractivity contribution in [3.63, 3.8) is 0 Å². The third-order valence-corrected chi connectivity index (χ3v) is 3.97. The molecule has 19 heavy (non-hydrogen) atoms. The van der Waals surface area contributed by atoms with Crippen molar-refractivity contribution in [3.8, 4) is 0 Å². The Kier molecular flexibility index (Phi) is 7.14. The van der Waals surface area contributed by atoms with Crippen LogP contribution in [0.2, 0.25) is 0 Å². The Balaban J connectivity index is 2.55. The molecule has 0 fully saturated rings. The molecule has 1 aromatic heterocycles. The minimum absolute atomic E-state index is 0.691. The average Bonchev–Trinajstić information content (AvgIpc) is 2.81. The lowest BCUT2D eigenvalue weighted by molar-refractivity contribution is 0.357. The second-order valence-corrected chi connectivity index (χ2v) is 5.66. The molecule has 3 nitrogen and oxygen atoms in total. The summed E-state index contributed by atoms with van der Waals surface area (Å²) in [5.41, 5.74) is 2.62. The highest BCUT2D eigenvalue weighted by molar-refractivity contribution is 5.11. The molecular weight excluding hydrogens is 234 g/mol. The van der Waals surface area contributed by atoms with Crippen LogP contribution in [0.4, 0.5) is 0 Å². The van der Waals surface area contributed by atoms with Gasteiger partial charge in [-0.3, -0.25) is 4.68 Å². The van der Waals surface area contributed by atoms with Crippen LogP contribution in [0.25, 0.3) is 0 Å². The summed E-state index contributed by atoms with van der Waals surface area (Å²) in [4.78, 5) is 0. The number of aryl methyl sites for hydroxylation is 2. The van der Waals surface area contributed by atoms with Crippen molar-refractivity contribution < 1.29 is 0 Å². The molecule has 1 N–H and O–H groups in total. The van der Waals surface area contributed by atoms with E-state index in [9.17, 15) is 0 Å². The Bertz CT molecular complexity index is 357. The van der Waals surface area contributed by atoms with Gasteiger partial charge in [0.1, 0.15) is 0 Å². The van der Waals surface area contributed by atoms with E-state index in [1.165, 1.54) is 17.8 Å². The smallest absolute Gasteiger partial charge is 0.0624 e. The number of hydrogen-bond acceptors (Lipinski definition) is 2. The van der Waals surface area contributed by atoms with Crippen LogP contribution in [0.3, 0.4) is 0 Å². The van der Waals surface area contributed by atoms with Crippen molar-refractivity contribution in [2.75, 3.05) is 13.1 Å². The molecule has 0 saturated carbocycles. The van der Waals surface area contributed by atoms with Crippen LogP contribution >= 0.6 is 0 Å². The molecule has 1 rings (SSSR count). The number of nitrogens with one attached hydrogen (secondary N) is 1. The van der Waals surface area contributed by atoms with E-state index in [1.807, 2.05) is 0 Å². The fraction of sp³-hybridized carbons (Fsp3) is 0.812. The molecule has 1 heterocycles. The van der Waals surface area contributed by atoms with Gasteiger partial charge in [0, 0.05) is 12.2 Å². The van der Waals surface area contributed by atoms with Crippen molar-refractivity contribution in [2.45, 2.75) is 60.4 Å². The number of aromatic nitrogens is 2. The third kappa shape index (κ3) is 4.98. The van der Waals surface area contributed by atoms with Gasteiger partial charge in [-0.25, -0.2) is 0 Å². The number of hydrogen-bond donors (Lipinski definition) is 1. The molecule has 0 radical (unpaired) electrons. The van der Waals surface area contributed by atoms with E-state index < -0.39 is 0 Å². The van der Waals surface area contributed by atoms with Crippen molar-refractivity contribution in [1.82, 2.24) is 15.1 Å². The van der Waals surface area contributed by atoms with E-state index in [0.29, 0.717) is 11.8 Å². The zero-order chi connectivity index (χ0) is 14.3. The molecule has 0 amide bonds. The fourth-order valence-corrected chi connectivity index (χ4v) is 2.36. The summed E-state index contributed by atoms with van der Waals surface area (Å²) in [5.74, 6) is 1.40. The lowest BCUT2D eigenvalue weighted by atomic mass is 9.91. The summed E-state index contributed by atoms with van der Waals surface area (Å²) >= 11 is 0. The molecule has 0 aliphatic heterocycles.